The molecule has 0 aliphatic carbocycles. The second-order valence-electron chi connectivity index (χ2n) is 9.71. The third kappa shape index (κ3) is 14.2. The molecule has 1 aromatic carbocycles. The molecule has 0 fully saturated rings. The van der Waals surface area contributed by atoms with Crippen LogP contribution in [-0.2, 0) is 44.7 Å². The largest absolute Gasteiger partial charge is 0.361 e. The number of imide groups is 1. The Morgan fingerprint density at radius 3 is 2.09 bits per heavy atom. The molecule has 5 N–H and O–H groups in total. The highest BCUT2D eigenvalue weighted by Crippen LogP contribution is 2.08. The van der Waals surface area contributed by atoms with Crippen molar-refractivity contribution < 1.29 is 38.3 Å². The molecule has 1 atom stereocenters. The molecule has 0 unspecified atom stereocenters. The van der Waals surface area contributed by atoms with Gasteiger partial charge in [-0.2, -0.15) is 0 Å². The number of unbranched alkanes of at least 4 members (excludes halogenated alkanes) is 2. The Labute approximate surface area is 250 Å². The van der Waals surface area contributed by atoms with Crippen molar-refractivity contribution in [2.45, 2.75) is 51.5 Å². The zero-order valence-electron chi connectivity index (χ0n) is 24.3. The number of carbonyl (C=O) groups is 7. The summed E-state index contributed by atoms with van der Waals surface area (Å²) in [5, 5.41) is 12.5. The molecule has 43 heavy (non-hydrogen) atoms. The van der Waals surface area contributed by atoms with Gasteiger partial charge in [0.25, 0.3) is 11.8 Å². The lowest BCUT2D eigenvalue weighted by Gasteiger charge is -2.19. The third-order valence-electron chi connectivity index (χ3n) is 6.16. The fourth-order valence-electron chi connectivity index (χ4n) is 3.90. The van der Waals surface area contributed by atoms with E-state index in [0.29, 0.717) is 25.9 Å². The van der Waals surface area contributed by atoms with Gasteiger partial charge in [0.05, 0.1) is 19.6 Å². The van der Waals surface area contributed by atoms with Gasteiger partial charge in [0, 0.05) is 38.1 Å². The number of hydrogen-bond donors (Lipinski definition) is 5. The summed E-state index contributed by atoms with van der Waals surface area (Å²) in [6.45, 7) is 1.68. The van der Waals surface area contributed by atoms with Crippen molar-refractivity contribution in [3.63, 3.8) is 0 Å². The van der Waals surface area contributed by atoms with E-state index >= 15 is 0 Å². The van der Waals surface area contributed by atoms with Crippen LogP contribution < -0.4 is 26.6 Å². The first kappa shape index (κ1) is 34.6. The van der Waals surface area contributed by atoms with E-state index in [2.05, 4.69) is 26.6 Å². The topological polar surface area (TPSA) is 192 Å². The molecule has 0 saturated carbocycles. The molecule has 234 valence electrons. The number of nitrogens with one attached hydrogen (secondary N) is 5. The standard InChI is InChI=1S/C29H40N6O8/c1-2-15-43-20-33-25(38)18-32-29(42)22(16-21-9-5-3-6-10-21)34-26(39)19-31-24(37)17-30-23(36)11-7-4-8-14-35-27(40)12-13-28(35)41/h3,5-6,9-10,12-13,22H,2,4,7-8,11,14-20H2,1H3,(H,30,36)(H,31,37)(H,32,42)(H,33,38)(H,34,39)/t22-/m0/s1. The van der Waals surface area contributed by atoms with Crippen LogP contribution in [0.1, 0.15) is 44.6 Å². The van der Waals surface area contributed by atoms with Crippen LogP contribution in [0.5, 0.6) is 0 Å². The molecule has 1 aliphatic rings. The molecule has 2 rings (SSSR count). The second kappa shape index (κ2) is 19.5. The van der Waals surface area contributed by atoms with Crippen LogP contribution >= 0.6 is 0 Å². The van der Waals surface area contributed by atoms with E-state index in [1.54, 1.807) is 24.3 Å². The van der Waals surface area contributed by atoms with Gasteiger partial charge >= 0.3 is 0 Å². The number of ether oxygens (including phenoxy) is 1. The predicted octanol–water partition coefficient (Wildman–Crippen LogP) is -0.952. The normalized spacial score (nSPS) is 12.9. The van der Waals surface area contributed by atoms with Crippen LogP contribution in [0, 0.1) is 0 Å². The van der Waals surface area contributed by atoms with Crippen LogP contribution in [-0.4, -0.2) is 91.8 Å². The molecule has 14 nitrogen and oxygen atoms in total. The highest BCUT2D eigenvalue weighted by molar-refractivity contribution is 6.12. The summed E-state index contributed by atoms with van der Waals surface area (Å²) in [5.41, 5.74) is 0.780. The molecule has 0 radical (unpaired) electrons. The van der Waals surface area contributed by atoms with Crippen molar-refractivity contribution in [1.82, 2.24) is 31.5 Å². The monoisotopic (exact) mass is 600 g/mol. The molecule has 0 spiro atoms. The van der Waals surface area contributed by atoms with E-state index in [4.69, 9.17) is 4.74 Å². The first-order valence-corrected chi connectivity index (χ1v) is 14.2. The lowest BCUT2D eigenvalue weighted by atomic mass is 10.1. The Kier molecular flexibility index (Phi) is 15.7. The van der Waals surface area contributed by atoms with Gasteiger partial charge in [0.2, 0.25) is 29.5 Å². The number of rotatable bonds is 20. The van der Waals surface area contributed by atoms with Crippen LogP contribution in [0.3, 0.4) is 0 Å². The second-order valence-corrected chi connectivity index (χ2v) is 9.71. The number of amides is 7. The minimum Gasteiger partial charge on any atom is -0.361 e. The summed E-state index contributed by atoms with van der Waals surface area (Å²) in [6.07, 6.45) is 5.26. The Morgan fingerprint density at radius 1 is 0.767 bits per heavy atom. The van der Waals surface area contributed by atoms with E-state index < -0.39 is 36.2 Å². The van der Waals surface area contributed by atoms with E-state index in [9.17, 15) is 33.6 Å². The Hall–Kier alpha value is -4.59. The van der Waals surface area contributed by atoms with Gasteiger partial charge < -0.3 is 31.3 Å². The van der Waals surface area contributed by atoms with Gasteiger partial charge in [0.15, 0.2) is 0 Å². The molecular weight excluding hydrogens is 560 g/mol. The molecule has 1 aliphatic heterocycles. The molecule has 14 heteroatoms. The van der Waals surface area contributed by atoms with Gasteiger partial charge in [-0.25, -0.2) is 0 Å². The third-order valence-corrected chi connectivity index (χ3v) is 6.16. The smallest absolute Gasteiger partial charge is 0.253 e. The number of benzene rings is 1. The van der Waals surface area contributed by atoms with Crippen LogP contribution in [0.2, 0.25) is 0 Å². The minimum absolute atomic E-state index is 0.0240. The van der Waals surface area contributed by atoms with Crippen LogP contribution in [0.25, 0.3) is 0 Å². The summed E-state index contributed by atoms with van der Waals surface area (Å²) in [4.78, 5) is 85.6. The molecule has 1 aromatic rings. The minimum atomic E-state index is -1.01. The highest BCUT2D eigenvalue weighted by atomic mass is 16.5. The molecule has 0 bridgehead atoms. The van der Waals surface area contributed by atoms with Crippen LogP contribution in [0.4, 0.5) is 0 Å². The molecule has 1 heterocycles. The first-order chi connectivity index (χ1) is 20.7. The van der Waals surface area contributed by atoms with E-state index in [-0.39, 0.29) is 56.9 Å². The quantitative estimate of drug-likeness (QED) is 0.0718. The van der Waals surface area contributed by atoms with Gasteiger partial charge in [-0.05, 0) is 24.8 Å². The SMILES string of the molecule is CCCOCNC(=O)CNC(=O)[C@H](Cc1ccccc1)NC(=O)CNC(=O)CNC(=O)CCCCCN1C(=O)C=CC1=O. The van der Waals surface area contributed by atoms with Gasteiger partial charge in [-0.15, -0.1) is 0 Å². The lowest BCUT2D eigenvalue weighted by molar-refractivity contribution is -0.137. The number of nitrogens with zero attached hydrogens (tertiary/aromatic N) is 1. The Balaban J connectivity index is 1.69. The first-order valence-electron chi connectivity index (χ1n) is 14.2. The summed E-state index contributed by atoms with van der Waals surface area (Å²) < 4.78 is 5.18. The van der Waals surface area contributed by atoms with E-state index in [0.717, 1.165) is 16.9 Å². The molecule has 0 aromatic heterocycles. The van der Waals surface area contributed by atoms with E-state index in [1.807, 2.05) is 13.0 Å². The summed E-state index contributed by atoms with van der Waals surface area (Å²) in [5.74, 6) is -3.27. The van der Waals surface area contributed by atoms with E-state index in [1.165, 1.54) is 12.2 Å². The van der Waals surface area contributed by atoms with Gasteiger partial charge in [0.1, 0.15) is 12.8 Å². The Bertz CT molecular complexity index is 1140. The number of carbonyl (C=O) groups excluding carboxylic acids is 7. The average molecular weight is 601 g/mol. The summed E-state index contributed by atoms with van der Waals surface area (Å²) in [6, 6.07) is 7.98. The lowest BCUT2D eigenvalue weighted by Crippen LogP contribution is -2.52. The summed E-state index contributed by atoms with van der Waals surface area (Å²) in [7, 11) is 0. The van der Waals surface area contributed by atoms with Gasteiger partial charge in [-0.1, -0.05) is 43.7 Å². The highest BCUT2D eigenvalue weighted by Gasteiger charge is 2.23. The fourth-order valence-corrected chi connectivity index (χ4v) is 3.90. The van der Waals surface area contributed by atoms with Crippen molar-refractivity contribution >= 4 is 41.4 Å². The van der Waals surface area contributed by atoms with Crippen molar-refractivity contribution in [1.29, 1.82) is 0 Å². The maximum absolute atomic E-state index is 12.8. The predicted molar refractivity (Wildman–Crippen MR) is 155 cm³/mol. The van der Waals surface area contributed by atoms with Gasteiger partial charge in [-0.3, -0.25) is 38.5 Å². The molecular formula is C29H40N6O8. The van der Waals surface area contributed by atoms with Crippen molar-refractivity contribution in [2.75, 3.05) is 39.5 Å². The zero-order chi connectivity index (χ0) is 31.5. The maximum Gasteiger partial charge on any atom is 0.253 e. The fraction of sp³-hybridized carbons (Fsp3) is 0.483. The van der Waals surface area contributed by atoms with Crippen molar-refractivity contribution in [3.8, 4) is 0 Å². The Morgan fingerprint density at radius 2 is 1.40 bits per heavy atom. The zero-order valence-corrected chi connectivity index (χ0v) is 24.3. The van der Waals surface area contributed by atoms with Crippen LogP contribution in [0.15, 0.2) is 42.5 Å². The average Bonchev–Trinajstić information content (AvgIpc) is 3.32. The van der Waals surface area contributed by atoms with Crippen molar-refractivity contribution in [3.05, 3.63) is 48.0 Å². The van der Waals surface area contributed by atoms with Crippen molar-refractivity contribution in [2.24, 2.45) is 0 Å². The number of hydrogen-bond acceptors (Lipinski definition) is 8. The molecule has 0 saturated heterocycles. The molecule has 7 amide bonds. The maximum atomic E-state index is 12.8. The summed E-state index contributed by atoms with van der Waals surface area (Å²) >= 11 is 0.